The Bertz CT molecular complexity index is 1120. The van der Waals surface area contributed by atoms with E-state index in [4.69, 9.17) is 0 Å². The number of carbonyl (C=O) groups is 1. The van der Waals surface area contributed by atoms with Gasteiger partial charge in [0, 0.05) is 22.7 Å². The molecular weight excluding hydrogens is 316 g/mol. The van der Waals surface area contributed by atoms with Gasteiger partial charge in [-0.05, 0) is 17.5 Å². The van der Waals surface area contributed by atoms with E-state index in [1.54, 1.807) is 12.1 Å². The van der Waals surface area contributed by atoms with Gasteiger partial charge in [-0.1, -0.05) is 48.5 Å². The molecule has 4 rings (SSSR count). The number of fused-ring (bicyclic) bond motifs is 3. The second kappa shape index (κ2) is 5.79. The minimum Gasteiger partial charge on any atom is -0.872 e. The summed E-state index contributed by atoms with van der Waals surface area (Å²) in [7, 11) is 0. The van der Waals surface area contributed by atoms with Crippen molar-refractivity contribution in [2.24, 2.45) is 0 Å². The largest absolute Gasteiger partial charge is 0.872 e. The van der Waals surface area contributed by atoms with Gasteiger partial charge in [0.2, 0.25) is 0 Å². The highest BCUT2D eigenvalue weighted by Gasteiger charge is 2.16. The van der Waals surface area contributed by atoms with Crippen LogP contribution in [0.3, 0.4) is 0 Å². The number of aromatic nitrogens is 1. The van der Waals surface area contributed by atoms with Crippen LogP contribution in [0.25, 0.3) is 21.7 Å². The van der Waals surface area contributed by atoms with Crippen molar-refractivity contribution in [3.8, 4) is 5.75 Å². The van der Waals surface area contributed by atoms with E-state index in [1.165, 1.54) is 18.3 Å². The number of benzene rings is 3. The first kappa shape index (κ1) is 15.0. The van der Waals surface area contributed by atoms with Crippen LogP contribution in [-0.4, -0.2) is 16.1 Å². The molecule has 3 aromatic carbocycles. The van der Waals surface area contributed by atoms with Crippen molar-refractivity contribution in [1.29, 1.82) is 0 Å². The molecule has 0 aliphatic rings. The highest BCUT2D eigenvalue weighted by molar-refractivity contribution is 6.13. The maximum atomic E-state index is 11.6. The second-order valence-corrected chi connectivity index (χ2v) is 5.69. The molecule has 4 aromatic rings. The van der Waals surface area contributed by atoms with Crippen LogP contribution < -0.4 is 10.4 Å². The first-order valence-electron chi connectivity index (χ1n) is 7.71. The Hall–Kier alpha value is -3.60. The van der Waals surface area contributed by atoms with Gasteiger partial charge >= 0.3 is 5.97 Å². The van der Waals surface area contributed by atoms with Crippen LogP contribution >= 0.6 is 0 Å². The van der Waals surface area contributed by atoms with E-state index < -0.39 is 5.97 Å². The van der Waals surface area contributed by atoms with Gasteiger partial charge < -0.3 is 15.5 Å². The Morgan fingerprint density at radius 1 is 1.00 bits per heavy atom. The molecular formula is C20H13N2O3-. The lowest BCUT2D eigenvalue weighted by Crippen LogP contribution is -2.05. The van der Waals surface area contributed by atoms with Crippen LogP contribution in [0.15, 0.2) is 66.9 Å². The summed E-state index contributed by atoms with van der Waals surface area (Å²) >= 11 is 0. The number of carboxylic acids is 1. The van der Waals surface area contributed by atoms with Crippen molar-refractivity contribution in [2.75, 3.05) is 5.32 Å². The van der Waals surface area contributed by atoms with Crippen LogP contribution in [-0.2, 0) is 0 Å². The summed E-state index contributed by atoms with van der Waals surface area (Å²) in [5.74, 6) is -1.23. The Labute approximate surface area is 143 Å². The maximum absolute atomic E-state index is 11.6. The van der Waals surface area contributed by atoms with Gasteiger partial charge in [-0.15, -0.1) is 5.75 Å². The monoisotopic (exact) mass is 329 g/mol. The number of carboxylic acid groups (broad SMARTS) is 1. The van der Waals surface area contributed by atoms with Crippen LogP contribution in [0.1, 0.15) is 10.4 Å². The standard InChI is InChI=1S/C20H14N2O3/c23-14-6-3-5-13(10-14)22-19-16-9-8-12-4-1-2-7-15(12)18(16)21-11-17(19)20(24)25/h1-11,23H,(H,21,22)(H,24,25)/p-1. The average molecular weight is 329 g/mol. The Morgan fingerprint density at radius 2 is 1.84 bits per heavy atom. The lowest BCUT2D eigenvalue weighted by molar-refractivity contribution is -0.268. The SMILES string of the molecule is O=C(O)c1cnc2c(ccc3ccccc32)c1Nc1cccc([O-])c1. The Balaban J connectivity index is 2.00. The number of hydrogen-bond donors (Lipinski definition) is 2. The fourth-order valence-electron chi connectivity index (χ4n) is 2.95. The molecule has 2 N–H and O–H groups in total. The van der Waals surface area contributed by atoms with E-state index in [0.29, 0.717) is 22.3 Å². The molecule has 0 saturated heterocycles. The van der Waals surface area contributed by atoms with Crippen LogP contribution in [0.4, 0.5) is 11.4 Å². The summed E-state index contributed by atoms with van der Waals surface area (Å²) in [5.41, 5.74) is 1.73. The first-order chi connectivity index (χ1) is 12.1. The third-order valence-corrected chi connectivity index (χ3v) is 4.10. The number of rotatable bonds is 3. The maximum Gasteiger partial charge on any atom is 0.339 e. The van der Waals surface area contributed by atoms with Crippen molar-refractivity contribution < 1.29 is 15.0 Å². The van der Waals surface area contributed by atoms with E-state index in [1.807, 2.05) is 36.4 Å². The van der Waals surface area contributed by atoms with E-state index >= 15 is 0 Å². The smallest absolute Gasteiger partial charge is 0.339 e. The van der Waals surface area contributed by atoms with Crippen LogP contribution in [0.2, 0.25) is 0 Å². The fourth-order valence-corrected chi connectivity index (χ4v) is 2.95. The molecule has 0 bridgehead atoms. The molecule has 0 fully saturated rings. The molecule has 122 valence electrons. The average Bonchev–Trinajstić information content (AvgIpc) is 2.61. The summed E-state index contributed by atoms with van der Waals surface area (Å²) in [6.45, 7) is 0. The number of nitrogens with one attached hydrogen (secondary N) is 1. The van der Waals surface area contributed by atoms with Crippen molar-refractivity contribution in [3.05, 3.63) is 72.4 Å². The zero-order valence-electron chi connectivity index (χ0n) is 13.1. The molecule has 0 unspecified atom stereocenters. The number of pyridine rings is 1. The molecule has 0 aliphatic heterocycles. The number of anilines is 2. The van der Waals surface area contributed by atoms with Gasteiger partial charge in [0.1, 0.15) is 5.56 Å². The molecule has 0 spiro atoms. The quantitative estimate of drug-likeness (QED) is 0.557. The van der Waals surface area contributed by atoms with Crippen molar-refractivity contribution in [3.63, 3.8) is 0 Å². The third kappa shape index (κ3) is 2.61. The summed E-state index contributed by atoms with van der Waals surface area (Å²) < 4.78 is 0. The molecule has 1 heterocycles. The van der Waals surface area contributed by atoms with E-state index in [0.717, 1.165) is 10.8 Å². The topological polar surface area (TPSA) is 85.3 Å². The number of nitrogens with zero attached hydrogens (tertiary/aromatic N) is 1. The van der Waals surface area contributed by atoms with Crippen molar-refractivity contribution in [1.82, 2.24) is 4.98 Å². The van der Waals surface area contributed by atoms with E-state index in [2.05, 4.69) is 10.3 Å². The lowest BCUT2D eigenvalue weighted by atomic mass is 10.0. The number of hydrogen-bond acceptors (Lipinski definition) is 4. The molecule has 0 radical (unpaired) electrons. The van der Waals surface area contributed by atoms with Gasteiger partial charge in [-0.3, -0.25) is 4.98 Å². The van der Waals surface area contributed by atoms with Crippen molar-refractivity contribution >= 4 is 39.0 Å². The summed E-state index contributed by atoms with van der Waals surface area (Å²) in [5, 5.41) is 26.8. The second-order valence-electron chi connectivity index (χ2n) is 5.69. The summed E-state index contributed by atoms with van der Waals surface area (Å²) in [4.78, 5) is 16.0. The van der Waals surface area contributed by atoms with E-state index in [-0.39, 0.29) is 11.3 Å². The molecule has 0 atom stereocenters. The van der Waals surface area contributed by atoms with Gasteiger partial charge in [0.25, 0.3) is 0 Å². The fraction of sp³-hybridized carbons (Fsp3) is 0. The molecule has 25 heavy (non-hydrogen) atoms. The normalized spacial score (nSPS) is 10.9. The molecule has 1 aromatic heterocycles. The molecule has 5 heteroatoms. The zero-order valence-corrected chi connectivity index (χ0v) is 13.1. The Morgan fingerprint density at radius 3 is 2.64 bits per heavy atom. The van der Waals surface area contributed by atoms with Crippen LogP contribution in [0, 0.1) is 0 Å². The first-order valence-corrected chi connectivity index (χ1v) is 7.71. The summed E-state index contributed by atoms with van der Waals surface area (Å²) in [6.07, 6.45) is 1.35. The Kier molecular flexibility index (Phi) is 3.47. The predicted molar refractivity (Wildman–Crippen MR) is 95.4 cm³/mol. The predicted octanol–water partition coefficient (Wildman–Crippen LogP) is 3.90. The number of aromatic carboxylic acids is 1. The third-order valence-electron chi connectivity index (χ3n) is 4.10. The highest BCUT2D eigenvalue weighted by atomic mass is 16.4. The van der Waals surface area contributed by atoms with Crippen LogP contribution in [0.5, 0.6) is 5.75 Å². The molecule has 0 amide bonds. The zero-order chi connectivity index (χ0) is 17.4. The van der Waals surface area contributed by atoms with E-state index in [9.17, 15) is 15.0 Å². The minimum atomic E-state index is -1.08. The summed E-state index contributed by atoms with van der Waals surface area (Å²) in [6, 6.07) is 17.8. The molecule has 0 saturated carbocycles. The molecule has 0 aliphatic carbocycles. The van der Waals surface area contributed by atoms with Gasteiger partial charge in [0.15, 0.2) is 0 Å². The minimum absolute atomic E-state index is 0.0547. The van der Waals surface area contributed by atoms with Gasteiger partial charge in [-0.2, -0.15) is 0 Å². The highest BCUT2D eigenvalue weighted by Crippen LogP contribution is 2.33. The molecule has 5 nitrogen and oxygen atoms in total. The van der Waals surface area contributed by atoms with Gasteiger partial charge in [-0.25, -0.2) is 4.79 Å². The van der Waals surface area contributed by atoms with Gasteiger partial charge in [0.05, 0.1) is 11.2 Å². The van der Waals surface area contributed by atoms with Crippen molar-refractivity contribution in [2.45, 2.75) is 0 Å². The lowest BCUT2D eigenvalue weighted by Gasteiger charge is -2.15.